The predicted molar refractivity (Wildman–Crippen MR) is 204 cm³/mol. The zero-order chi connectivity index (χ0) is 40.8. The second kappa shape index (κ2) is 21.6. The molecule has 3 aliphatic heterocycles. The summed E-state index contributed by atoms with van der Waals surface area (Å²) in [5.74, 6) is -4.25. The number of aromatic nitrogens is 1. The van der Waals surface area contributed by atoms with E-state index in [1.807, 2.05) is 0 Å². The summed E-state index contributed by atoms with van der Waals surface area (Å²) in [5.41, 5.74) is 0.338. The number of ketones is 1. The summed E-state index contributed by atoms with van der Waals surface area (Å²) in [4.78, 5) is 98.8. The second-order valence-corrected chi connectivity index (χ2v) is 15.5. The highest BCUT2D eigenvalue weighted by molar-refractivity contribution is 7.70. The van der Waals surface area contributed by atoms with Gasteiger partial charge in [0, 0.05) is 57.4 Å². The van der Waals surface area contributed by atoms with Gasteiger partial charge in [-0.2, -0.15) is 0 Å². The van der Waals surface area contributed by atoms with Gasteiger partial charge in [0.1, 0.15) is 23.7 Å². The van der Waals surface area contributed by atoms with Crippen molar-refractivity contribution >= 4 is 67.8 Å². The maximum atomic E-state index is 12.8. The van der Waals surface area contributed by atoms with E-state index in [0.717, 1.165) is 23.8 Å². The van der Waals surface area contributed by atoms with Crippen LogP contribution in [0, 0.1) is 11.8 Å². The average molecular weight is 807 g/mol. The Labute approximate surface area is 327 Å². The van der Waals surface area contributed by atoms with Crippen LogP contribution >= 0.6 is 20.7 Å². The molecule has 0 bridgehead atoms. The molecule has 1 amide bonds. The molecule has 0 aromatic heterocycles. The van der Waals surface area contributed by atoms with Crippen LogP contribution in [-0.4, -0.2) is 83.7 Å². The van der Waals surface area contributed by atoms with Crippen LogP contribution in [0.1, 0.15) is 98.2 Å². The van der Waals surface area contributed by atoms with Gasteiger partial charge in [-0.25, -0.2) is 9.36 Å². The van der Waals surface area contributed by atoms with E-state index in [-0.39, 0.29) is 48.5 Å². The summed E-state index contributed by atoms with van der Waals surface area (Å²) < 4.78 is 29.4. The molecule has 302 valence electrons. The maximum absolute atomic E-state index is 12.8. The standard InChI is InChI=1S/C38H50N2O13S2/c1-21(23(3)41)14-13-15-28-19-50-35(36(53-27(7)45)34(28)52-26(6)44)33(51-25(5)43)22(2)18-31(47)49-17-12-10-8-9-11-16-30(46)39-32-37-29(20-54-55-37)40(24(4)42)38(32)48/h13-14,18,20-21,28,33-36H,8-12,15-17,19H2,1-7H3,(H,39,46)/b14-13+,22-18+. The Balaban J connectivity index is 1.53. The molecule has 0 aliphatic carbocycles. The average Bonchev–Trinajstić information content (AvgIpc) is 3.66. The monoisotopic (exact) mass is 806 g/mol. The van der Waals surface area contributed by atoms with Crippen LogP contribution in [0.2, 0.25) is 0 Å². The Kier molecular flexibility index (Phi) is 17.6. The van der Waals surface area contributed by atoms with Gasteiger partial charge >= 0.3 is 23.9 Å². The van der Waals surface area contributed by atoms with Crippen molar-refractivity contribution in [1.29, 1.82) is 0 Å². The van der Waals surface area contributed by atoms with E-state index in [4.69, 9.17) is 23.7 Å². The lowest BCUT2D eigenvalue weighted by atomic mass is 9.85. The summed E-state index contributed by atoms with van der Waals surface area (Å²) in [6, 6.07) is 0. The number of ether oxygens (including phenoxy) is 5. The topological polar surface area (TPSA) is 200 Å². The Bertz CT molecular complexity index is 1790. The molecule has 1 saturated heterocycles. The first-order chi connectivity index (χ1) is 26.0. The lowest BCUT2D eigenvalue weighted by molar-refractivity contribution is -0.221. The predicted octanol–water partition coefficient (Wildman–Crippen LogP) is 5.49. The number of esters is 4. The third-order valence-electron chi connectivity index (χ3n) is 8.89. The number of carbonyl (C=O) groups is 7. The van der Waals surface area contributed by atoms with E-state index in [0.29, 0.717) is 29.8 Å². The third-order valence-corrected chi connectivity index (χ3v) is 11.0. The number of nitrogens with zero attached hydrogens (tertiary/aromatic N) is 1. The minimum Gasteiger partial charge on any atom is -0.463 e. The van der Waals surface area contributed by atoms with Crippen molar-refractivity contribution in [3.8, 4) is 10.6 Å². The molecule has 55 heavy (non-hydrogen) atoms. The highest BCUT2D eigenvalue weighted by Gasteiger charge is 2.49. The number of nitrogens with one attached hydrogen (secondary N) is 1. The molecule has 0 spiro atoms. The molecule has 3 rings (SSSR count). The summed E-state index contributed by atoms with van der Waals surface area (Å²) >= 11 is 0. The van der Waals surface area contributed by atoms with Gasteiger partial charge in [-0.15, -0.1) is 0 Å². The fraction of sp³-hybridized carbons (Fsp3) is 0.579. The van der Waals surface area contributed by atoms with Crippen molar-refractivity contribution in [2.75, 3.05) is 18.5 Å². The van der Waals surface area contributed by atoms with E-state index in [9.17, 15) is 38.4 Å². The Morgan fingerprint density at radius 3 is 2.22 bits per heavy atom. The SMILES string of the molecule is CC(=O)OC(/C(C)=C/C(=O)OCCCCCCCC(=O)Nc1c2sscc-2n(C(C)=O)c1=O)C1OCC(C/C=C/C(C)C(C)=O)C(OC(C)=O)C1OC(C)=O. The third kappa shape index (κ3) is 13.4. The number of rotatable bonds is 19. The van der Waals surface area contributed by atoms with Gasteiger partial charge in [-0.1, -0.05) is 59.0 Å². The molecule has 6 atom stereocenters. The molecule has 0 radical (unpaired) electrons. The van der Waals surface area contributed by atoms with Gasteiger partial charge in [0.2, 0.25) is 11.8 Å². The van der Waals surface area contributed by atoms with E-state index < -0.39 is 65.7 Å². The minimum atomic E-state index is -1.20. The van der Waals surface area contributed by atoms with Crippen molar-refractivity contribution in [1.82, 2.24) is 4.57 Å². The van der Waals surface area contributed by atoms with Crippen molar-refractivity contribution in [3.63, 3.8) is 0 Å². The maximum Gasteiger partial charge on any atom is 0.330 e. The van der Waals surface area contributed by atoms with Crippen molar-refractivity contribution in [2.45, 2.75) is 118 Å². The Hall–Kier alpha value is -4.48. The largest absolute Gasteiger partial charge is 0.463 e. The number of amides is 1. The van der Waals surface area contributed by atoms with Crippen molar-refractivity contribution in [3.05, 3.63) is 39.5 Å². The molecule has 0 saturated carbocycles. The van der Waals surface area contributed by atoms with Crippen molar-refractivity contribution < 1.29 is 57.2 Å². The number of carbonyl (C=O) groups excluding carboxylic acids is 7. The van der Waals surface area contributed by atoms with Gasteiger partial charge in [0.15, 0.2) is 12.2 Å². The van der Waals surface area contributed by atoms with Crippen LogP contribution in [0.15, 0.2) is 34.0 Å². The fourth-order valence-electron chi connectivity index (χ4n) is 6.09. The summed E-state index contributed by atoms with van der Waals surface area (Å²) in [6.45, 7) is 9.78. The number of anilines is 1. The zero-order valence-electron chi connectivity index (χ0n) is 32.2. The molecule has 15 nitrogen and oxygen atoms in total. The Morgan fingerprint density at radius 1 is 0.927 bits per heavy atom. The first kappa shape index (κ1) is 44.9. The lowest BCUT2D eigenvalue weighted by Crippen LogP contribution is -2.58. The van der Waals surface area contributed by atoms with Gasteiger partial charge in [-0.3, -0.25) is 33.6 Å². The minimum absolute atomic E-state index is 0.0205. The normalized spacial score (nSPS) is 19.7. The first-order valence-corrected chi connectivity index (χ1v) is 20.3. The molecule has 3 heterocycles. The molecule has 1 fully saturated rings. The summed E-state index contributed by atoms with van der Waals surface area (Å²) in [7, 11) is 2.69. The number of hydrogen-bond acceptors (Lipinski definition) is 15. The second-order valence-electron chi connectivity index (χ2n) is 13.5. The van der Waals surface area contributed by atoms with Crippen LogP contribution in [0.25, 0.3) is 10.6 Å². The highest BCUT2D eigenvalue weighted by atomic mass is 32.9. The van der Waals surface area contributed by atoms with E-state index in [2.05, 4.69) is 5.32 Å². The molecule has 0 aromatic rings. The summed E-state index contributed by atoms with van der Waals surface area (Å²) in [6.07, 6.45) is 4.02. The van der Waals surface area contributed by atoms with Crippen LogP contribution in [-0.2, 0) is 52.5 Å². The molecule has 1 N–H and O–H groups in total. The molecule has 3 aliphatic rings. The first-order valence-electron chi connectivity index (χ1n) is 18.1. The van der Waals surface area contributed by atoms with Gasteiger partial charge in [0.05, 0.1) is 23.8 Å². The molecule has 6 unspecified atom stereocenters. The molecule has 0 aromatic carbocycles. The number of hydrogen-bond donors (Lipinski definition) is 1. The quantitative estimate of drug-likeness (QED) is 0.0468. The molecular formula is C38H50N2O13S2. The number of Topliss-reactive ketones (excluding diaryl/α,β-unsaturated/α-hetero) is 1. The smallest absolute Gasteiger partial charge is 0.330 e. The van der Waals surface area contributed by atoms with Crippen LogP contribution < -0.4 is 10.9 Å². The molecule has 17 heteroatoms. The van der Waals surface area contributed by atoms with Crippen molar-refractivity contribution in [2.24, 2.45) is 11.8 Å². The fourth-order valence-corrected chi connectivity index (χ4v) is 8.30. The van der Waals surface area contributed by atoms with Gasteiger partial charge in [0.25, 0.3) is 5.56 Å². The van der Waals surface area contributed by atoms with Crippen LogP contribution in [0.3, 0.4) is 0 Å². The number of unbranched alkanes of at least 4 members (excludes halogenated alkanes) is 4. The number of allylic oxidation sites excluding steroid dienone is 2. The van der Waals surface area contributed by atoms with E-state index in [1.54, 1.807) is 31.4 Å². The zero-order valence-corrected chi connectivity index (χ0v) is 33.8. The van der Waals surface area contributed by atoms with E-state index >= 15 is 0 Å². The highest BCUT2D eigenvalue weighted by Crippen LogP contribution is 2.37. The Morgan fingerprint density at radius 2 is 1.58 bits per heavy atom. The van der Waals surface area contributed by atoms with Crippen LogP contribution in [0.5, 0.6) is 0 Å². The summed E-state index contributed by atoms with van der Waals surface area (Å²) in [5, 5.41) is 4.38. The van der Waals surface area contributed by atoms with E-state index in [1.165, 1.54) is 61.4 Å². The molecular weight excluding hydrogens is 757 g/mol. The number of fused-ring (bicyclic) bond motifs is 1. The van der Waals surface area contributed by atoms with Gasteiger partial charge < -0.3 is 29.0 Å². The lowest BCUT2D eigenvalue weighted by Gasteiger charge is -2.43. The van der Waals surface area contributed by atoms with Gasteiger partial charge in [-0.05, 0) is 38.7 Å². The van der Waals surface area contributed by atoms with Crippen LogP contribution in [0.4, 0.5) is 5.69 Å².